The number of nitrogen functional groups attached to an aromatic ring is 1. The lowest BCUT2D eigenvalue weighted by Gasteiger charge is -2.09. The van der Waals surface area contributed by atoms with Crippen LogP contribution >= 0.6 is 15.9 Å². The third-order valence-corrected chi connectivity index (χ3v) is 2.17. The van der Waals surface area contributed by atoms with E-state index in [1.54, 1.807) is 19.2 Å². The van der Waals surface area contributed by atoms with Crippen molar-refractivity contribution in [2.24, 2.45) is 0 Å². The highest BCUT2D eigenvalue weighted by atomic mass is 79.9. The van der Waals surface area contributed by atoms with Crippen LogP contribution in [-0.4, -0.2) is 22.7 Å². The van der Waals surface area contributed by atoms with Crippen LogP contribution in [0.25, 0.3) is 0 Å². The van der Waals surface area contributed by atoms with Gasteiger partial charge in [-0.25, -0.2) is 4.98 Å². The lowest BCUT2D eigenvalue weighted by atomic mass is 10.3. The summed E-state index contributed by atoms with van der Waals surface area (Å²) >= 11 is 3.28. The average molecular weight is 260 g/mol. The first-order valence-electron chi connectivity index (χ1n) is 4.42. The average Bonchev–Trinajstić information content (AvgIpc) is 2.08. The van der Waals surface area contributed by atoms with Crippen LogP contribution in [-0.2, 0) is 0 Å². The first-order chi connectivity index (χ1) is 6.59. The monoisotopic (exact) mass is 259 g/mol. The molecule has 0 aliphatic heterocycles. The van der Waals surface area contributed by atoms with Gasteiger partial charge < -0.3 is 16.2 Å². The zero-order valence-electron chi connectivity index (χ0n) is 8.00. The Kier molecular flexibility index (Phi) is 4.16. The van der Waals surface area contributed by atoms with E-state index >= 15 is 0 Å². The van der Waals surface area contributed by atoms with Crippen molar-refractivity contribution in [3.63, 3.8) is 0 Å². The fourth-order valence-electron chi connectivity index (χ4n) is 1.00. The number of halogens is 1. The van der Waals surface area contributed by atoms with Crippen LogP contribution in [0.15, 0.2) is 16.7 Å². The Balaban J connectivity index is 2.51. The van der Waals surface area contributed by atoms with E-state index in [0.29, 0.717) is 24.5 Å². The first kappa shape index (κ1) is 11.3. The van der Waals surface area contributed by atoms with Gasteiger partial charge in [0, 0.05) is 17.2 Å². The highest BCUT2D eigenvalue weighted by Gasteiger charge is 2.01. The topological polar surface area (TPSA) is 71.2 Å². The molecule has 4 nitrogen and oxygen atoms in total. The Bertz CT molecular complexity index is 304. The molecule has 0 aliphatic rings. The molecule has 0 bridgehead atoms. The van der Waals surface area contributed by atoms with E-state index < -0.39 is 0 Å². The lowest BCUT2D eigenvalue weighted by Crippen LogP contribution is -2.11. The molecule has 0 aromatic carbocycles. The van der Waals surface area contributed by atoms with Crippen LogP contribution in [0.5, 0.6) is 0 Å². The van der Waals surface area contributed by atoms with Gasteiger partial charge in [-0.1, -0.05) is 0 Å². The summed E-state index contributed by atoms with van der Waals surface area (Å²) in [5.74, 6) is 0.661. The molecule has 0 amide bonds. The molecule has 14 heavy (non-hydrogen) atoms. The highest BCUT2D eigenvalue weighted by molar-refractivity contribution is 9.10. The van der Waals surface area contributed by atoms with Gasteiger partial charge in [0.25, 0.3) is 0 Å². The van der Waals surface area contributed by atoms with Gasteiger partial charge in [-0.15, -0.1) is 0 Å². The summed E-state index contributed by atoms with van der Waals surface area (Å²) in [6.07, 6.45) is 2.05. The summed E-state index contributed by atoms with van der Waals surface area (Å²) in [6.45, 7) is 2.41. The lowest BCUT2D eigenvalue weighted by molar-refractivity contribution is 0.188. The van der Waals surface area contributed by atoms with Crippen molar-refractivity contribution in [1.29, 1.82) is 0 Å². The van der Waals surface area contributed by atoms with Gasteiger partial charge in [0.05, 0.1) is 11.8 Å². The van der Waals surface area contributed by atoms with Crippen LogP contribution in [0.4, 0.5) is 11.5 Å². The summed E-state index contributed by atoms with van der Waals surface area (Å²) in [5, 5.41) is 12.1. The number of hydrogen-bond acceptors (Lipinski definition) is 4. The summed E-state index contributed by atoms with van der Waals surface area (Å²) in [4.78, 5) is 4.11. The summed E-state index contributed by atoms with van der Waals surface area (Å²) in [6, 6.07) is 1.79. The molecule has 5 heteroatoms. The molecule has 0 saturated carbocycles. The van der Waals surface area contributed by atoms with Gasteiger partial charge in [-0.05, 0) is 35.3 Å². The molecule has 0 aliphatic carbocycles. The van der Waals surface area contributed by atoms with Gasteiger partial charge in [0.2, 0.25) is 0 Å². The maximum atomic E-state index is 9.04. The van der Waals surface area contributed by atoms with E-state index in [0.717, 1.165) is 4.47 Å². The molecular formula is C9H14BrN3O. The number of nitrogens with two attached hydrogens (primary N) is 1. The molecule has 1 aromatic rings. The van der Waals surface area contributed by atoms with Crippen molar-refractivity contribution in [1.82, 2.24) is 4.98 Å². The third-order valence-electron chi connectivity index (χ3n) is 1.74. The molecule has 1 aromatic heterocycles. The number of anilines is 2. The van der Waals surface area contributed by atoms with Crippen LogP contribution in [0.1, 0.15) is 13.3 Å². The molecule has 1 heterocycles. The largest absolute Gasteiger partial charge is 0.396 e. The second-order valence-electron chi connectivity index (χ2n) is 3.16. The van der Waals surface area contributed by atoms with Gasteiger partial charge in [-0.2, -0.15) is 0 Å². The smallest absolute Gasteiger partial charge is 0.149 e. The number of aliphatic hydroxyl groups excluding tert-OH is 1. The second kappa shape index (κ2) is 5.17. The predicted molar refractivity (Wildman–Crippen MR) is 61.1 cm³/mol. The number of pyridine rings is 1. The minimum absolute atomic E-state index is 0.306. The molecule has 1 rings (SSSR count). The number of hydrogen-bond donors (Lipinski definition) is 3. The highest BCUT2D eigenvalue weighted by Crippen LogP contribution is 2.19. The second-order valence-corrected chi connectivity index (χ2v) is 4.07. The zero-order valence-corrected chi connectivity index (χ0v) is 9.58. The van der Waals surface area contributed by atoms with E-state index in [4.69, 9.17) is 10.8 Å². The summed E-state index contributed by atoms with van der Waals surface area (Å²) < 4.78 is 0.857. The predicted octanol–water partition coefficient (Wildman–Crippen LogP) is 1.61. The third kappa shape index (κ3) is 3.51. The van der Waals surface area contributed by atoms with Crippen molar-refractivity contribution in [2.45, 2.75) is 19.4 Å². The minimum atomic E-state index is -0.306. The Hall–Kier alpha value is -0.810. The van der Waals surface area contributed by atoms with Crippen LogP contribution < -0.4 is 11.1 Å². The SMILES string of the molecule is CC(O)CCNc1ncc(Br)cc1N. The van der Waals surface area contributed by atoms with Gasteiger partial charge in [0.15, 0.2) is 0 Å². The molecule has 4 N–H and O–H groups in total. The molecular weight excluding hydrogens is 246 g/mol. The first-order valence-corrected chi connectivity index (χ1v) is 5.22. The van der Waals surface area contributed by atoms with E-state index in [2.05, 4.69) is 26.2 Å². The minimum Gasteiger partial charge on any atom is -0.396 e. The molecule has 1 atom stereocenters. The summed E-state index contributed by atoms with van der Waals surface area (Å²) in [7, 11) is 0. The van der Waals surface area contributed by atoms with Crippen molar-refractivity contribution >= 4 is 27.4 Å². The Morgan fingerprint density at radius 2 is 2.43 bits per heavy atom. The number of nitrogens with one attached hydrogen (secondary N) is 1. The number of rotatable bonds is 4. The Morgan fingerprint density at radius 3 is 3.00 bits per heavy atom. The van der Waals surface area contributed by atoms with Gasteiger partial charge in [-0.3, -0.25) is 0 Å². The molecule has 0 saturated heterocycles. The molecule has 0 spiro atoms. The standard InChI is InChI=1S/C9H14BrN3O/c1-6(14)2-3-12-9-8(11)4-7(10)5-13-9/h4-6,14H,2-3,11H2,1H3,(H,12,13). The maximum Gasteiger partial charge on any atom is 0.149 e. The molecule has 0 fully saturated rings. The number of nitrogens with zero attached hydrogens (tertiary/aromatic N) is 1. The summed E-state index contributed by atoms with van der Waals surface area (Å²) in [5.41, 5.74) is 6.32. The Labute approximate surface area is 91.7 Å². The van der Waals surface area contributed by atoms with E-state index in [9.17, 15) is 0 Å². The zero-order chi connectivity index (χ0) is 10.6. The van der Waals surface area contributed by atoms with Gasteiger partial charge in [0.1, 0.15) is 5.82 Å². The van der Waals surface area contributed by atoms with E-state index in [-0.39, 0.29) is 6.10 Å². The normalized spacial score (nSPS) is 12.5. The van der Waals surface area contributed by atoms with Crippen LogP contribution in [0, 0.1) is 0 Å². The van der Waals surface area contributed by atoms with Crippen molar-refractivity contribution in [3.8, 4) is 0 Å². The van der Waals surface area contributed by atoms with Crippen molar-refractivity contribution in [3.05, 3.63) is 16.7 Å². The number of aromatic nitrogens is 1. The van der Waals surface area contributed by atoms with E-state index in [1.165, 1.54) is 0 Å². The fourth-order valence-corrected chi connectivity index (χ4v) is 1.35. The van der Waals surface area contributed by atoms with Crippen molar-refractivity contribution < 1.29 is 5.11 Å². The molecule has 1 unspecified atom stereocenters. The van der Waals surface area contributed by atoms with E-state index in [1.807, 2.05) is 0 Å². The molecule has 78 valence electrons. The Morgan fingerprint density at radius 1 is 1.71 bits per heavy atom. The van der Waals surface area contributed by atoms with Gasteiger partial charge >= 0.3 is 0 Å². The maximum absolute atomic E-state index is 9.04. The van der Waals surface area contributed by atoms with Crippen molar-refractivity contribution in [2.75, 3.05) is 17.6 Å². The van der Waals surface area contributed by atoms with Crippen LogP contribution in [0.3, 0.4) is 0 Å². The van der Waals surface area contributed by atoms with Crippen LogP contribution in [0.2, 0.25) is 0 Å². The number of aliphatic hydroxyl groups is 1. The quantitative estimate of drug-likeness (QED) is 0.769. The fraction of sp³-hybridized carbons (Fsp3) is 0.444. The molecule has 0 radical (unpaired) electrons.